The van der Waals surface area contributed by atoms with Crippen molar-refractivity contribution in [2.75, 3.05) is 5.32 Å². The highest BCUT2D eigenvalue weighted by atomic mass is 35.5. The lowest BCUT2D eigenvalue weighted by molar-refractivity contribution is 0.0953. The van der Waals surface area contributed by atoms with Gasteiger partial charge in [0.2, 0.25) is 0 Å². The molecule has 0 spiro atoms. The van der Waals surface area contributed by atoms with Crippen LogP contribution in [0.15, 0.2) is 58.0 Å². The quantitative estimate of drug-likeness (QED) is 0.500. The highest BCUT2D eigenvalue weighted by Gasteiger charge is 2.28. The van der Waals surface area contributed by atoms with Crippen LogP contribution in [0, 0.1) is 6.92 Å². The van der Waals surface area contributed by atoms with E-state index < -0.39 is 5.91 Å². The van der Waals surface area contributed by atoms with E-state index in [1.807, 2.05) is 13.0 Å². The van der Waals surface area contributed by atoms with Gasteiger partial charge in [-0.25, -0.2) is 5.43 Å². The Kier molecular flexibility index (Phi) is 6.11. The normalized spacial score (nSPS) is 14.2. The smallest absolute Gasteiger partial charge is 0.291 e. The average Bonchev–Trinajstić information content (AvgIpc) is 3.09. The summed E-state index contributed by atoms with van der Waals surface area (Å²) in [5.74, 6) is 0.186. The molecule has 1 aromatic heterocycles. The minimum atomic E-state index is -0.405. The van der Waals surface area contributed by atoms with Crippen LogP contribution in [0.4, 0.5) is 5.69 Å². The van der Waals surface area contributed by atoms with Crippen molar-refractivity contribution in [3.05, 3.63) is 86.8 Å². The summed E-state index contributed by atoms with van der Waals surface area (Å²) in [6.45, 7) is 1.81. The average molecular weight is 456 g/mol. The summed E-state index contributed by atoms with van der Waals surface area (Å²) in [4.78, 5) is 25.2. The number of hydrogen-bond donors (Lipinski definition) is 2. The van der Waals surface area contributed by atoms with E-state index in [0.29, 0.717) is 51.2 Å². The number of nitrogens with one attached hydrogen (secondary N) is 2. The summed E-state index contributed by atoms with van der Waals surface area (Å²) >= 11 is 12.0. The molecule has 0 saturated carbocycles. The molecule has 2 amide bonds. The van der Waals surface area contributed by atoms with Gasteiger partial charge < -0.3 is 9.73 Å². The summed E-state index contributed by atoms with van der Waals surface area (Å²) in [7, 11) is 0. The number of hydrazone groups is 1. The number of aryl methyl sites for hydroxylation is 1. The van der Waals surface area contributed by atoms with Crippen molar-refractivity contribution in [3.8, 4) is 0 Å². The fourth-order valence-electron chi connectivity index (χ4n) is 3.58. The maximum absolute atomic E-state index is 12.8. The Morgan fingerprint density at radius 1 is 1.00 bits per heavy atom. The minimum Gasteiger partial charge on any atom is -0.455 e. The Morgan fingerprint density at radius 2 is 1.71 bits per heavy atom. The van der Waals surface area contributed by atoms with Gasteiger partial charge in [0.05, 0.1) is 5.71 Å². The molecule has 1 aliphatic carbocycles. The van der Waals surface area contributed by atoms with Crippen LogP contribution in [0.1, 0.15) is 50.6 Å². The van der Waals surface area contributed by atoms with Crippen LogP contribution >= 0.6 is 23.2 Å². The number of rotatable bonds is 4. The molecular formula is C23H19Cl2N3O3. The number of hydrogen-bond acceptors (Lipinski definition) is 4. The van der Waals surface area contributed by atoms with Gasteiger partial charge in [0.25, 0.3) is 11.8 Å². The second-order valence-electron chi connectivity index (χ2n) is 7.19. The molecule has 0 saturated heterocycles. The molecule has 0 atom stereocenters. The number of amides is 2. The Bertz CT molecular complexity index is 1170. The van der Waals surface area contributed by atoms with Crippen LogP contribution in [0.3, 0.4) is 0 Å². The largest absolute Gasteiger partial charge is 0.455 e. The zero-order valence-electron chi connectivity index (χ0n) is 16.7. The van der Waals surface area contributed by atoms with Gasteiger partial charge in [-0.2, -0.15) is 5.10 Å². The van der Waals surface area contributed by atoms with Gasteiger partial charge in [-0.05, 0) is 50.1 Å². The third-order valence-corrected chi connectivity index (χ3v) is 5.42. The zero-order valence-corrected chi connectivity index (χ0v) is 18.2. The predicted molar refractivity (Wildman–Crippen MR) is 121 cm³/mol. The number of benzene rings is 2. The van der Waals surface area contributed by atoms with Gasteiger partial charge in [0, 0.05) is 38.8 Å². The number of carbonyl (C=O) groups is 2. The van der Waals surface area contributed by atoms with E-state index in [2.05, 4.69) is 15.8 Å². The molecular weight excluding hydrogens is 437 g/mol. The van der Waals surface area contributed by atoms with Crippen LogP contribution in [0.5, 0.6) is 0 Å². The first-order valence-corrected chi connectivity index (χ1v) is 10.5. The molecule has 4 rings (SSSR count). The van der Waals surface area contributed by atoms with Gasteiger partial charge in [-0.15, -0.1) is 0 Å². The Balaban J connectivity index is 1.58. The summed E-state index contributed by atoms with van der Waals surface area (Å²) < 4.78 is 5.88. The topological polar surface area (TPSA) is 83.7 Å². The van der Waals surface area contributed by atoms with Crippen molar-refractivity contribution in [3.63, 3.8) is 0 Å². The summed E-state index contributed by atoms with van der Waals surface area (Å²) in [6, 6.07) is 13.7. The number of halogens is 2. The van der Waals surface area contributed by atoms with Crippen molar-refractivity contribution in [1.82, 2.24) is 5.43 Å². The van der Waals surface area contributed by atoms with Gasteiger partial charge in [0.15, 0.2) is 5.76 Å². The van der Waals surface area contributed by atoms with Crippen LogP contribution in [0.2, 0.25) is 10.0 Å². The van der Waals surface area contributed by atoms with Gasteiger partial charge in [-0.3, -0.25) is 9.59 Å². The number of furan rings is 1. The molecule has 0 aliphatic heterocycles. The lowest BCUT2D eigenvalue weighted by Crippen LogP contribution is -2.22. The molecule has 31 heavy (non-hydrogen) atoms. The van der Waals surface area contributed by atoms with E-state index >= 15 is 0 Å². The maximum Gasteiger partial charge on any atom is 0.291 e. The molecule has 2 N–H and O–H groups in total. The lowest BCUT2D eigenvalue weighted by atomic mass is 9.93. The summed E-state index contributed by atoms with van der Waals surface area (Å²) in [5.41, 5.74) is 5.74. The SMILES string of the molecule is Cc1c(C(=O)Nc2cc(Cl)cc(Cl)c2)oc2c1/C(=N/NC(=O)c1ccccc1)CCC2. The molecule has 0 radical (unpaired) electrons. The molecule has 0 unspecified atom stereocenters. The standard InChI is InChI=1S/C23H19Cl2N3O3/c1-13-20-18(27-28-22(29)14-6-3-2-4-7-14)8-5-9-19(20)31-21(13)23(30)26-17-11-15(24)10-16(25)12-17/h2-4,6-7,10-12H,5,8-9H2,1H3,(H,26,30)(H,28,29)/b27-18+. The number of anilines is 1. The Labute approximate surface area is 189 Å². The number of carbonyl (C=O) groups excluding carboxylic acids is 2. The fourth-order valence-corrected chi connectivity index (χ4v) is 4.11. The number of fused-ring (bicyclic) bond motifs is 1. The molecule has 1 heterocycles. The molecule has 8 heteroatoms. The molecule has 2 aromatic carbocycles. The van der Waals surface area contributed by atoms with Gasteiger partial charge in [0.1, 0.15) is 5.76 Å². The fraction of sp³-hybridized carbons (Fsp3) is 0.174. The van der Waals surface area contributed by atoms with Gasteiger partial charge in [-0.1, -0.05) is 41.4 Å². The van der Waals surface area contributed by atoms with Crippen molar-refractivity contribution < 1.29 is 14.0 Å². The molecule has 0 bridgehead atoms. The van der Waals surface area contributed by atoms with Crippen LogP contribution in [0.25, 0.3) is 0 Å². The molecule has 6 nitrogen and oxygen atoms in total. The third kappa shape index (κ3) is 4.65. The monoisotopic (exact) mass is 455 g/mol. The minimum absolute atomic E-state index is 0.199. The first-order valence-electron chi connectivity index (χ1n) is 9.74. The van der Waals surface area contributed by atoms with Crippen molar-refractivity contribution in [2.24, 2.45) is 5.10 Å². The Hall–Kier alpha value is -3.09. The second kappa shape index (κ2) is 8.96. The van der Waals surface area contributed by atoms with Crippen molar-refractivity contribution in [1.29, 1.82) is 0 Å². The van der Waals surface area contributed by atoms with Crippen LogP contribution in [-0.2, 0) is 6.42 Å². The van der Waals surface area contributed by atoms with Crippen LogP contribution in [-0.4, -0.2) is 17.5 Å². The van der Waals surface area contributed by atoms with E-state index in [0.717, 1.165) is 12.0 Å². The highest BCUT2D eigenvalue weighted by Crippen LogP contribution is 2.31. The highest BCUT2D eigenvalue weighted by molar-refractivity contribution is 6.35. The second-order valence-corrected chi connectivity index (χ2v) is 8.06. The molecule has 0 fully saturated rings. The zero-order chi connectivity index (χ0) is 22.0. The van der Waals surface area contributed by atoms with Gasteiger partial charge >= 0.3 is 0 Å². The molecule has 158 valence electrons. The van der Waals surface area contributed by atoms with E-state index in [9.17, 15) is 9.59 Å². The van der Waals surface area contributed by atoms with E-state index in [4.69, 9.17) is 27.6 Å². The van der Waals surface area contributed by atoms with Crippen LogP contribution < -0.4 is 10.7 Å². The third-order valence-electron chi connectivity index (χ3n) is 4.98. The molecule has 3 aromatic rings. The Morgan fingerprint density at radius 3 is 2.42 bits per heavy atom. The van der Waals surface area contributed by atoms with Crippen molar-refractivity contribution >= 4 is 46.4 Å². The van der Waals surface area contributed by atoms with E-state index in [-0.39, 0.29) is 11.7 Å². The summed E-state index contributed by atoms with van der Waals surface area (Å²) in [5, 5.41) is 7.93. The van der Waals surface area contributed by atoms with E-state index in [1.54, 1.807) is 42.5 Å². The maximum atomic E-state index is 12.8. The summed E-state index contributed by atoms with van der Waals surface area (Å²) in [6.07, 6.45) is 2.18. The first-order chi connectivity index (χ1) is 14.9. The molecule has 1 aliphatic rings. The number of nitrogens with zero attached hydrogens (tertiary/aromatic N) is 1. The predicted octanol–water partition coefficient (Wildman–Crippen LogP) is 5.62. The lowest BCUT2D eigenvalue weighted by Gasteiger charge is -2.13. The van der Waals surface area contributed by atoms with Crippen molar-refractivity contribution in [2.45, 2.75) is 26.2 Å². The first kappa shape index (κ1) is 21.2. The van der Waals surface area contributed by atoms with E-state index in [1.165, 1.54) is 0 Å².